The summed E-state index contributed by atoms with van der Waals surface area (Å²) in [7, 11) is 0.899. The Bertz CT molecular complexity index is 506. The van der Waals surface area contributed by atoms with Gasteiger partial charge in [-0.2, -0.15) is 5.10 Å². The first-order valence-electron chi connectivity index (χ1n) is 6.08. The molecule has 1 aromatic heterocycles. The average Bonchev–Trinajstić information content (AvgIpc) is 2.48. The van der Waals surface area contributed by atoms with Crippen LogP contribution in [0.2, 0.25) is 0 Å². The molecule has 0 bridgehead atoms. The Balaban J connectivity index is 2.74. The molecule has 0 aliphatic heterocycles. The van der Waals surface area contributed by atoms with Crippen LogP contribution in [0.3, 0.4) is 0 Å². The molecule has 1 aromatic rings. The van der Waals surface area contributed by atoms with Gasteiger partial charge in [-0.3, -0.25) is 4.68 Å². The molecule has 5 nitrogen and oxygen atoms in total. The molecule has 1 heterocycles. The maximum absolute atomic E-state index is 11.2. The molecular weight excluding hydrogens is 250 g/mol. The van der Waals surface area contributed by atoms with E-state index in [0.717, 1.165) is 17.8 Å². The second kappa shape index (κ2) is 5.84. The van der Waals surface area contributed by atoms with Crippen LogP contribution >= 0.6 is 0 Å². The Hall–Kier alpha value is -0.880. The van der Waals surface area contributed by atoms with Crippen molar-refractivity contribution in [2.45, 2.75) is 32.7 Å². The molecule has 0 saturated heterocycles. The van der Waals surface area contributed by atoms with Crippen LogP contribution in [0.1, 0.15) is 23.4 Å². The molecule has 0 aliphatic carbocycles. The number of aryl methyl sites for hydroxylation is 2. The zero-order chi connectivity index (χ0) is 13.9. The van der Waals surface area contributed by atoms with Gasteiger partial charge >= 0.3 is 0 Å². The lowest BCUT2D eigenvalue weighted by atomic mass is 10.0. The minimum absolute atomic E-state index is 0.168. The third-order valence-corrected chi connectivity index (χ3v) is 4.33. The van der Waals surface area contributed by atoms with E-state index < -0.39 is 9.84 Å². The van der Waals surface area contributed by atoms with E-state index in [4.69, 9.17) is 0 Å². The number of hydrogen-bond donors (Lipinski definition) is 1. The number of aromatic nitrogens is 2. The van der Waals surface area contributed by atoms with E-state index in [1.807, 2.05) is 32.6 Å². The maximum atomic E-state index is 11.2. The van der Waals surface area contributed by atoms with Crippen molar-refractivity contribution in [2.75, 3.05) is 19.1 Å². The minimum atomic E-state index is -2.90. The molecule has 6 heteroatoms. The molecule has 18 heavy (non-hydrogen) atoms. The highest BCUT2D eigenvalue weighted by Gasteiger charge is 2.16. The van der Waals surface area contributed by atoms with E-state index >= 15 is 0 Å². The van der Waals surface area contributed by atoms with Gasteiger partial charge in [0.05, 0.1) is 11.4 Å². The Morgan fingerprint density at radius 1 is 1.39 bits per heavy atom. The standard InChI is InChI=1S/C12H23N3O2S/c1-9-12(10(2)15(4)14-9)8-11(13-3)6-7-18(5,16)17/h11,13H,6-8H2,1-5H3. The lowest BCUT2D eigenvalue weighted by Crippen LogP contribution is -2.30. The van der Waals surface area contributed by atoms with E-state index in [0.29, 0.717) is 6.42 Å². The Kier molecular flexibility index (Phi) is 4.92. The summed E-state index contributed by atoms with van der Waals surface area (Å²) in [5, 5.41) is 7.56. The summed E-state index contributed by atoms with van der Waals surface area (Å²) in [6.07, 6.45) is 2.72. The Morgan fingerprint density at radius 3 is 2.39 bits per heavy atom. The molecule has 104 valence electrons. The summed E-state index contributed by atoms with van der Waals surface area (Å²) < 4.78 is 24.3. The molecule has 0 radical (unpaired) electrons. The van der Waals surface area contributed by atoms with Crippen LogP contribution in [0, 0.1) is 13.8 Å². The highest BCUT2D eigenvalue weighted by molar-refractivity contribution is 7.90. The number of nitrogens with one attached hydrogen (secondary N) is 1. The molecular formula is C12H23N3O2S. The van der Waals surface area contributed by atoms with Crippen LogP contribution in [0.15, 0.2) is 0 Å². The molecule has 0 amide bonds. The van der Waals surface area contributed by atoms with Crippen LogP contribution < -0.4 is 5.32 Å². The van der Waals surface area contributed by atoms with Gasteiger partial charge in [0.15, 0.2) is 0 Å². The van der Waals surface area contributed by atoms with Crippen LogP contribution in [0.25, 0.3) is 0 Å². The van der Waals surface area contributed by atoms with Crippen LogP contribution in [0.5, 0.6) is 0 Å². The molecule has 0 aliphatic rings. The summed E-state index contributed by atoms with van der Waals surface area (Å²) >= 11 is 0. The van der Waals surface area contributed by atoms with Gasteiger partial charge in [0.2, 0.25) is 0 Å². The van der Waals surface area contributed by atoms with Gasteiger partial charge in [-0.15, -0.1) is 0 Å². The zero-order valence-corrected chi connectivity index (χ0v) is 12.6. The molecule has 0 fully saturated rings. The summed E-state index contributed by atoms with van der Waals surface area (Å²) in [4.78, 5) is 0. The predicted octanol–water partition coefficient (Wildman–Crippen LogP) is 0.602. The van der Waals surface area contributed by atoms with Crippen molar-refractivity contribution in [3.63, 3.8) is 0 Å². The van der Waals surface area contributed by atoms with E-state index in [2.05, 4.69) is 10.4 Å². The van der Waals surface area contributed by atoms with E-state index in [9.17, 15) is 8.42 Å². The van der Waals surface area contributed by atoms with Crippen molar-refractivity contribution in [1.29, 1.82) is 0 Å². The predicted molar refractivity (Wildman–Crippen MR) is 73.6 cm³/mol. The van der Waals surface area contributed by atoms with E-state index in [1.165, 1.54) is 11.8 Å². The fraction of sp³-hybridized carbons (Fsp3) is 0.750. The first kappa shape index (κ1) is 15.2. The van der Waals surface area contributed by atoms with Gasteiger partial charge in [-0.1, -0.05) is 0 Å². The smallest absolute Gasteiger partial charge is 0.147 e. The monoisotopic (exact) mass is 273 g/mol. The van der Waals surface area contributed by atoms with Crippen molar-refractivity contribution in [3.05, 3.63) is 17.0 Å². The summed E-state index contributed by atoms with van der Waals surface area (Å²) in [6.45, 7) is 4.03. The number of rotatable bonds is 6. The molecule has 1 rings (SSSR count). The van der Waals surface area contributed by atoms with Crippen LogP contribution in [-0.4, -0.2) is 43.3 Å². The third-order valence-electron chi connectivity index (χ3n) is 3.35. The van der Waals surface area contributed by atoms with Gasteiger partial charge in [0.1, 0.15) is 9.84 Å². The summed E-state index contributed by atoms with van der Waals surface area (Å²) in [5.41, 5.74) is 3.38. The van der Waals surface area contributed by atoms with Crippen molar-refractivity contribution in [3.8, 4) is 0 Å². The number of likely N-dealkylation sites (N-methyl/N-ethyl adjacent to an activating group) is 1. The largest absolute Gasteiger partial charge is 0.317 e. The molecule has 0 saturated carbocycles. The second-order valence-electron chi connectivity index (χ2n) is 4.88. The Labute approximate surface area is 109 Å². The number of hydrogen-bond acceptors (Lipinski definition) is 4. The lowest BCUT2D eigenvalue weighted by molar-refractivity contribution is 0.532. The van der Waals surface area contributed by atoms with Gasteiger partial charge in [0.25, 0.3) is 0 Å². The quantitative estimate of drug-likeness (QED) is 0.824. The van der Waals surface area contributed by atoms with E-state index in [-0.39, 0.29) is 11.8 Å². The first-order valence-corrected chi connectivity index (χ1v) is 8.14. The number of nitrogens with zero attached hydrogens (tertiary/aromatic N) is 2. The topological polar surface area (TPSA) is 64.0 Å². The zero-order valence-electron chi connectivity index (χ0n) is 11.8. The highest BCUT2D eigenvalue weighted by atomic mass is 32.2. The average molecular weight is 273 g/mol. The van der Waals surface area contributed by atoms with Gasteiger partial charge in [0, 0.05) is 25.0 Å². The molecule has 1 atom stereocenters. The van der Waals surface area contributed by atoms with Crippen LogP contribution in [0.4, 0.5) is 0 Å². The number of sulfone groups is 1. The van der Waals surface area contributed by atoms with Gasteiger partial charge < -0.3 is 5.32 Å². The molecule has 0 spiro atoms. The first-order chi connectivity index (χ1) is 8.24. The summed E-state index contributed by atoms with van der Waals surface area (Å²) in [6, 6.07) is 0.168. The highest BCUT2D eigenvalue weighted by Crippen LogP contribution is 2.15. The van der Waals surface area contributed by atoms with Crippen LogP contribution in [-0.2, 0) is 23.3 Å². The normalized spacial score (nSPS) is 13.8. The molecule has 0 aromatic carbocycles. The Morgan fingerprint density at radius 2 is 2.00 bits per heavy atom. The van der Waals surface area contributed by atoms with Crippen molar-refractivity contribution in [2.24, 2.45) is 7.05 Å². The lowest BCUT2D eigenvalue weighted by Gasteiger charge is -2.15. The molecule has 1 unspecified atom stereocenters. The van der Waals surface area contributed by atoms with Crippen molar-refractivity contribution < 1.29 is 8.42 Å². The van der Waals surface area contributed by atoms with Crippen molar-refractivity contribution >= 4 is 9.84 Å². The fourth-order valence-electron chi connectivity index (χ4n) is 2.06. The molecule has 1 N–H and O–H groups in total. The second-order valence-corrected chi connectivity index (χ2v) is 7.14. The third kappa shape index (κ3) is 4.10. The summed E-state index contributed by atoms with van der Waals surface area (Å²) in [5.74, 6) is 0.219. The fourth-order valence-corrected chi connectivity index (χ4v) is 2.78. The van der Waals surface area contributed by atoms with Crippen molar-refractivity contribution in [1.82, 2.24) is 15.1 Å². The van der Waals surface area contributed by atoms with Gasteiger partial charge in [-0.05, 0) is 39.3 Å². The SMILES string of the molecule is CNC(CCS(C)(=O)=O)Cc1c(C)nn(C)c1C. The minimum Gasteiger partial charge on any atom is -0.317 e. The van der Waals surface area contributed by atoms with E-state index in [1.54, 1.807) is 0 Å². The maximum Gasteiger partial charge on any atom is 0.147 e. The van der Waals surface area contributed by atoms with Gasteiger partial charge in [-0.25, -0.2) is 8.42 Å².